The maximum atomic E-state index is 5.79. The molecule has 1 atom stereocenters. The van der Waals surface area contributed by atoms with Crippen LogP contribution in [0, 0.1) is 0 Å². The predicted molar refractivity (Wildman–Crippen MR) is 58.8 cm³/mol. The second kappa shape index (κ2) is 3.01. The highest BCUT2D eigenvalue weighted by Gasteiger charge is 2.04. The highest BCUT2D eigenvalue weighted by molar-refractivity contribution is 7.19. The zero-order valence-corrected chi connectivity index (χ0v) is 8.27. The summed E-state index contributed by atoms with van der Waals surface area (Å²) < 4.78 is 1.25. The van der Waals surface area contributed by atoms with Crippen molar-refractivity contribution in [1.82, 2.24) is 0 Å². The lowest BCUT2D eigenvalue weighted by Crippen LogP contribution is -2.01. The highest BCUT2D eigenvalue weighted by Crippen LogP contribution is 2.29. The van der Waals surface area contributed by atoms with Crippen molar-refractivity contribution >= 4 is 27.1 Å². The number of hydrogen-bond donors (Lipinski definition) is 2. The molecular formula is C10H12N2S. The molecule has 3 heteroatoms. The summed E-state index contributed by atoms with van der Waals surface area (Å²) in [4.78, 5) is 1.21. The minimum atomic E-state index is 0.110. The van der Waals surface area contributed by atoms with Crippen LogP contribution < -0.4 is 11.5 Å². The van der Waals surface area contributed by atoms with Crippen LogP contribution in [0.1, 0.15) is 17.8 Å². The molecule has 0 saturated heterocycles. The van der Waals surface area contributed by atoms with Gasteiger partial charge in [0.05, 0.1) is 0 Å². The van der Waals surface area contributed by atoms with Gasteiger partial charge in [0.1, 0.15) is 0 Å². The molecule has 0 aliphatic carbocycles. The molecule has 2 aromatic rings. The van der Waals surface area contributed by atoms with Crippen molar-refractivity contribution in [2.24, 2.45) is 5.73 Å². The van der Waals surface area contributed by atoms with Gasteiger partial charge in [-0.3, -0.25) is 0 Å². The Morgan fingerprint density at radius 1 is 1.31 bits per heavy atom. The first-order valence-electron chi connectivity index (χ1n) is 4.21. The van der Waals surface area contributed by atoms with Gasteiger partial charge in [0.2, 0.25) is 0 Å². The van der Waals surface area contributed by atoms with Crippen LogP contribution in [-0.4, -0.2) is 0 Å². The second-order valence-electron chi connectivity index (χ2n) is 3.23. The number of benzene rings is 1. The van der Waals surface area contributed by atoms with Crippen molar-refractivity contribution in [2.45, 2.75) is 13.0 Å². The average molecular weight is 192 g/mol. The monoisotopic (exact) mass is 192 g/mol. The van der Waals surface area contributed by atoms with Crippen LogP contribution >= 0.6 is 11.3 Å². The number of anilines is 1. The Morgan fingerprint density at radius 2 is 2.08 bits per heavy atom. The molecule has 4 N–H and O–H groups in total. The normalized spacial score (nSPS) is 13.4. The van der Waals surface area contributed by atoms with Gasteiger partial charge in [0, 0.05) is 21.3 Å². The first-order valence-corrected chi connectivity index (χ1v) is 5.03. The van der Waals surface area contributed by atoms with E-state index in [0.717, 1.165) is 5.69 Å². The summed E-state index contributed by atoms with van der Waals surface area (Å²) in [5.74, 6) is 0. The molecule has 1 aromatic heterocycles. The number of rotatable bonds is 1. The van der Waals surface area contributed by atoms with E-state index in [1.54, 1.807) is 11.3 Å². The van der Waals surface area contributed by atoms with Crippen LogP contribution in [0.3, 0.4) is 0 Å². The van der Waals surface area contributed by atoms with Gasteiger partial charge >= 0.3 is 0 Å². The summed E-state index contributed by atoms with van der Waals surface area (Å²) in [6.45, 7) is 1.99. The predicted octanol–water partition coefficient (Wildman–Crippen LogP) is 2.50. The fourth-order valence-electron chi connectivity index (χ4n) is 1.31. The molecule has 0 saturated carbocycles. The molecular weight excluding hydrogens is 180 g/mol. The fraction of sp³-hybridized carbons (Fsp3) is 0.200. The summed E-state index contributed by atoms with van der Waals surface area (Å²) in [6.07, 6.45) is 0. The van der Waals surface area contributed by atoms with E-state index in [-0.39, 0.29) is 6.04 Å². The molecule has 68 valence electrons. The molecule has 0 bridgehead atoms. The van der Waals surface area contributed by atoms with Gasteiger partial charge < -0.3 is 11.5 Å². The quantitative estimate of drug-likeness (QED) is 0.682. The second-order valence-corrected chi connectivity index (χ2v) is 4.35. The Labute approximate surface area is 81.2 Å². The van der Waals surface area contributed by atoms with Crippen LogP contribution in [0.25, 0.3) is 10.1 Å². The summed E-state index contributed by atoms with van der Waals surface area (Å²) >= 11 is 1.73. The van der Waals surface area contributed by atoms with Gasteiger partial charge in [-0.25, -0.2) is 0 Å². The molecule has 0 fully saturated rings. The SMILES string of the molecule is C[C@H](N)c1cc2cc(N)ccc2s1. The first kappa shape index (κ1) is 8.53. The third-order valence-corrected chi connectivity index (χ3v) is 3.33. The molecule has 0 aliphatic rings. The van der Waals surface area contributed by atoms with Crippen molar-refractivity contribution in [2.75, 3.05) is 5.73 Å². The molecule has 0 amide bonds. The van der Waals surface area contributed by atoms with Crippen molar-refractivity contribution < 1.29 is 0 Å². The lowest BCUT2D eigenvalue weighted by Gasteiger charge is -1.96. The molecule has 2 nitrogen and oxygen atoms in total. The Hall–Kier alpha value is -1.06. The van der Waals surface area contributed by atoms with Gasteiger partial charge in [0.25, 0.3) is 0 Å². The molecule has 1 heterocycles. The summed E-state index contributed by atoms with van der Waals surface area (Å²) in [5, 5.41) is 1.19. The molecule has 0 radical (unpaired) electrons. The lowest BCUT2D eigenvalue weighted by atomic mass is 10.2. The third-order valence-electron chi connectivity index (χ3n) is 2.01. The number of hydrogen-bond acceptors (Lipinski definition) is 3. The van der Waals surface area contributed by atoms with Crippen LogP contribution in [0.5, 0.6) is 0 Å². The molecule has 1 aromatic carbocycles. The van der Waals surface area contributed by atoms with Gasteiger partial charge in [-0.1, -0.05) is 0 Å². The van der Waals surface area contributed by atoms with Gasteiger partial charge in [-0.15, -0.1) is 11.3 Å². The number of nitrogen functional groups attached to an aromatic ring is 1. The Balaban J connectivity index is 2.62. The van der Waals surface area contributed by atoms with Crippen LogP contribution in [-0.2, 0) is 0 Å². The van der Waals surface area contributed by atoms with E-state index in [4.69, 9.17) is 11.5 Å². The number of thiophene rings is 1. The van der Waals surface area contributed by atoms with Crippen molar-refractivity contribution in [1.29, 1.82) is 0 Å². The van der Waals surface area contributed by atoms with Gasteiger partial charge in [0.15, 0.2) is 0 Å². The molecule has 0 aliphatic heterocycles. The van der Waals surface area contributed by atoms with Crippen LogP contribution in [0.15, 0.2) is 24.3 Å². The molecule has 0 unspecified atom stereocenters. The minimum absolute atomic E-state index is 0.110. The van der Waals surface area contributed by atoms with Crippen LogP contribution in [0.4, 0.5) is 5.69 Å². The van der Waals surface area contributed by atoms with E-state index < -0.39 is 0 Å². The number of nitrogens with two attached hydrogens (primary N) is 2. The van der Waals surface area contributed by atoms with E-state index >= 15 is 0 Å². The standard InChI is InChI=1S/C10H12N2S/c1-6(11)10-5-7-4-8(12)2-3-9(7)13-10/h2-6H,11-12H2,1H3/t6-/m0/s1. The summed E-state index contributed by atoms with van der Waals surface area (Å²) in [6, 6.07) is 8.17. The van der Waals surface area contributed by atoms with Crippen molar-refractivity contribution in [3.63, 3.8) is 0 Å². The van der Waals surface area contributed by atoms with Crippen molar-refractivity contribution in [3.8, 4) is 0 Å². The lowest BCUT2D eigenvalue weighted by molar-refractivity contribution is 0.839. The zero-order valence-electron chi connectivity index (χ0n) is 7.45. The van der Waals surface area contributed by atoms with E-state index in [1.165, 1.54) is 15.0 Å². The van der Waals surface area contributed by atoms with Crippen LogP contribution in [0.2, 0.25) is 0 Å². The van der Waals surface area contributed by atoms with E-state index in [2.05, 4.69) is 6.07 Å². The maximum absolute atomic E-state index is 5.79. The Bertz CT molecular complexity index is 431. The Kier molecular flexibility index (Phi) is 1.98. The summed E-state index contributed by atoms with van der Waals surface area (Å²) in [5.41, 5.74) is 12.3. The first-order chi connectivity index (χ1) is 6.16. The van der Waals surface area contributed by atoms with E-state index in [1.807, 2.05) is 25.1 Å². The smallest absolute Gasteiger partial charge is 0.0361 e. The number of fused-ring (bicyclic) bond motifs is 1. The van der Waals surface area contributed by atoms with Gasteiger partial charge in [-0.05, 0) is 36.6 Å². The topological polar surface area (TPSA) is 52.0 Å². The Morgan fingerprint density at radius 3 is 2.77 bits per heavy atom. The van der Waals surface area contributed by atoms with E-state index in [0.29, 0.717) is 0 Å². The largest absolute Gasteiger partial charge is 0.399 e. The maximum Gasteiger partial charge on any atom is 0.0361 e. The fourth-order valence-corrected chi connectivity index (χ4v) is 2.30. The average Bonchev–Trinajstić information content (AvgIpc) is 2.46. The molecule has 2 rings (SSSR count). The van der Waals surface area contributed by atoms with Gasteiger partial charge in [-0.2, -0.15) is 0 Å². The zero-order chi connectivity index (χ0) is 9.42. The highest BCUT2D eigenvalue weighted by atomic mass is 32.1. The minimum Gasteiger partial charge on any atom is -0.399 e. The molecule has 0 spiro atoms. The molecule has 13 heavy (non-hydrogen) atoms. The third kappa shape index (κ3) is 1.53. The van der Waals surface area contributed by atoms with E-state index in [9.17, 15) is 0 Å². The van der Waals surface area contributed by atoms with Crippen molar-refractivity contribution in [3.05, 3.63) is 29.1 Å². The summed E-state index contributed by atoms with van der Waals surface area (Å²) in [7, 11) is 0.